The number of ether oxygens (including phenoxy) is 1. The van der Waals surface area contributed by atoms with Gasteiger partial charge in [0.25, 0.3) is 23.6 Å². The number of carboxylic acids is 1. The predicted octanol–water partition coefficient (Wildman–Crippen LogP) is 5.53. The van der Waals surface area contributed by atoms with Gasteiger partial charge >= 0.3 is 5.97 Å². The smallest absolute Gasteiger partial charge is 0.326 e. The number of halogens is 3. The number of anilines is 3. The number of carboxylic acid groups (broad SMARTS) is 1. The summed E-state index contributed by atoms with van der Waals surface area (Å²) in [6.07, 6.45) is 8.01. The monoisotopic (exact) mass is 675 g/mol. The van der Waals surface area contributed by atoms with Crippen molar-refractivity contribution in [3.63, 3.8) is 0 Å². The Balaban J connectivity index is 0.000000191. The van der Waals surface area contributed by atoms with Crippen LogP contribution in [0.2, 0.25) is 5.02 Å². The first-order valence-electron chi connectivity index (χ1n) is 14.8. The van der Waals surface area contributed by atoms with Crippen molar-refractivity contribution in [2.75, 3.05) is 27.9 Å². The second kappa shape index (κ2) is 14.1. The minimum absolute atomic E-state index is 0.0170. The van der Waals surface area contributed by atoms with Crippen LogP contribution in [0.3, 0.4) is 0 Å². The summed E-state index contributed by atoms with van der Waals surface area (Å²) < 4.78 is 33.2. The number of imide groups is 1. The van der Waals surface area contributed by atoms with E-state index in [0.717, 1.165) is 34.8 Å². The van der Waals surface area contributed by atoms with Crippen molar-refractivity contribution in [3.8, 4) is 18.1 Å². The van der Waals surface area contributed by atoms with Gasteiger partial charge in [0.1, 0.15) is 17.6 Å². The van der Waals surface area contributed by atoms with Crippen LogP contribution in [-0.2, 0) is 19.2 Å². The fraction of sp³-hybridized carbons (Fsp3) is 0.229. The number of aliphatic carboxylic acids is 1. The lowest BCUT2D eigenvalue weighted by atomic mass is 9.93. The Morgan fingerprint density at radius 1 is 0.979 bits per heavy atom. The van der Waals surface area contributed by atoms with E-state index in [-0.39, 0.29) is 46.9 Å². The molecule has 0 spiro atoms. The maximum atomic E-state index is 14.7. The highest BCUT2D eigenvalue weighted by atomic mass is 35.5. The van der Waals surface area contributed by atoms with Crippen LogP contribution in [-0.4, -0.2) is 53.9 Å². The van der Waals surface area contributed by atoms with Gasteiger partial charge in [0.15, 0.2) is 12.4 Å². The van der Waals surface area contributed by atoms with Crippen molar-refractivity contribution >= 4 is 58.3 Å². The zero-order valence-corrected chi connectivity index (χ0v) is 26.3. The number of carbonyl (C=O) groups is 5. The predicted molar refractivity (Wildman–Crippen MR) is 173 cm³/mol. The van der Waals surface area contributed by atoms with Gasteiger partial charge in [0.05, 0.1) is 22.9 Å². The van der Waals surface area contributed by atoms with Crippen molar-refractivity contribution in [3.05, 3.63) is 94.0 Å². The Morgan fingerprint density at radius 3 is 2.21 bits per heavy atom. The molecule has 3 aromatic carbocycles. The highest BCUT2D eigenvalue weighted by Gasteiger charge is 2.41. The quantitative estimate of drug-likeness (QED) is 0.269. The minimum atomic E-state index is -1.18. The fourth-order valence-electron chi connectivity index (χ4n) is 5.59. The van der Waals surface area contributed by atoms with Crippen LogP contribution in [0.4, 0.5) is 25.8 Å². The average Bonchev–Trinajstić information content (AvgIpc) is 3.33. The largest absolute Gasteiger partial charge is 0.481 e. The molecule has 3 aromatic rings. The molecule has 0 aromatic heterocycles. The topological polar surface area (TPSA) is 125 Å². The van der Waals surface area contributed by atoms with E-state index in [2.05, 4.69) is 5.92 Å². The van der Waals surface area contributed by atoms with Gasteiger partial charge in [0.2, 0.25) is 0 Å². The summed E-state index contributed by atoms with van der Waals surface area (Å²) in [7, 11) is 0. The molecule has 0 saturated heterocycles. The van der Waals surface area contributed by atoms with Crippen LogP contribution in [0, 0.1) is 24.0 Å². The van der Waals surface area contributed by atoms with Gasteiger partial charge in [-0.05, 0) is 69.0 Å². The molecule has 3 aliphatic rings. The van der Waals surface area contributed by atoms with Gasteiger partial charge in [-0.3, -0.25) is 29.0 Å². The Bertz CT molecular complexity index is 1880. The third kappa shape index (κ3) is 6.50. The molecule has 1 N–H and O–H groups in total. The first kappa shape index (κ1) is 33.8. The Morgan fingerprint density at radius 2 is 1.62 bits per heavy atom. The maximum absolute atomic E-state index is 14.7. The van der Waals surface area contributed by atoms with Gasteiger partial charge < -0.3 is 9.84 Å². The number of terminal acetylenes is 1. The van der Waals surface area contributed by atoms with Crippen molar-refractivity contribution in [1.82, 2.24) is 0 Å². The molecule has 0 bridgehead atoms. The Kier molecular flexibility index (Phi) is 9.91. The summed E-state index contributed by atoms with van der Waals surface area (Å²) in [6, 6.07) is 13.1. The van der Waals surface area contributed by atoms with Crippen molar-refractivity contribution in [2.45, 2.75) is 38.6 Å². The number of rotatable bonds is 6. The van der Waals surface area contributed by atoms with Crippen molar-refractivity contribution in [1.29, 1.82) is 0 Å². The third-order valence-corrected chi connectivity index (χ3v) is 8.31. The molecule has 4 amide bonds. The number of nitrogens with zero attached hydrogens (tertiary/aromatic N) is 3. The molecule has 48 heavy (non-hydrogen) atoms. The molecular weight excluding hydrogens is 648 g/mol. The summed E-state index contributed by atoms with van der Waals surface area (Å²) in [5.74, 6) is -1.91. The highest BCUT2D eigenvalue weighted by Crippen LogP contribution is 2.41. The van der Waals surface area contributed by atoms with Crippen LogP contribution in [0.1, 0.15) is 43.0 Å². The third-order valence-electron chi connectivity index (χ3n) is 8.02. The summed E-state index contributed by atoms with van der Waals surface area (Å²) in [5, 5.41) is 9.05. The summed E-state index contributed by atoms with van der Waals surface area (Å²) >= 11 is 5.73. The lowest BCUT2D eigenvalue weighted by Crippen LogP contribution is -2.43. The standard InChI is InChI=1S/C19H15FN2O4.C16H13ClFNO3/c1-2-7-21-15-9-14(13(20)8-16(15)26-10-17(21)23)22-18(24)11-5-3-4-6-12(11)19(22)25;1-10(16(21)22)19(12-7-8-14(18)13(17)9-12)15(20)11-5-3-2-4-6-11/h1,8-9H,3-7,10H2;2-10H,1H3,(H,21,22)/t;10-/m.1/s1. The average molecular weight is 676 g/mol. The van der Waals surface area contributed by atoms with Gasteiger partial charge in [-0.15, -0.1) is 6.42 Å². The molecule has 2 aliphatic heterocycles. The Hall–Kier alpha value is -5.54. The van der Waals surface area contributed by atoms with Gasteiger partial charge in [-0.25, -0.2) is 18.5 Å². The first-order valence-corrected chi connectivity index (χ1v) is 15.2. The zero-order chi connectivity index (χ0) is 34.7. The number of amides is 4. The number of hydrogen-bond acceptors (Lipinski definition) is 6. The summed E-state index contributed by atoms with van der Waals surface area (Å²) in [4.78, 5) is 64.5. The van der Waals surface area contributed by atoms with E-state index in [1.54, 1.807) is 30.3 Å². The van der Waals surface area contributed by atoms with E-state index < -0.39 is 41.4 Å². The molecule has 1 aliphatic carbocycles. The number of carbonyl (C=O) groups excluding carboxylic acids is 4. The number of hydrogen-bond donors (Lipinski definition) is 1. The van der Waals surface area contributed by atoms with Crippen LogP contribution in [0.25, 0.3) is 0 Å². The van der Waals surface area contributed by atoms with E-state index in [4.69, 9.17) is 22.8 Å². The van der Waals surface area contributed by atoms with E-state index >= 15 is 0 Å². The normalized spacial score (nSPS) is 15.9. The summed E-state index contributed by atoms with van der Waals surface area (Å²) in [6.45, 7) is 1.11. The van der Waals surface area contributed by atoms with Crippen LogP contribution < -0.4 is 19.4 Å². The van der Waals surface area contributed by atoms with E-state index in [1.165, 1.54) is 30.0 Å². The first-order chi connectivity index (χ1) is 22.9. The highest BCUT2D eigenvalue weighted by molar-refractivity contribution is 6.33. The zero-order valence-electron chi connectivity index (χ0n) is 25.5. The molecular formula is C35H28ClF2N3O7. The maximum Gasteiger partial charge on any atom is 0.326 e. The van der Waals surface area contributed by atoms with E-state index in [9.17, 15) is 37.9 Å². The molecule has 1 atom stereocenters. The SMILES string of the molecule is C#CCN1C(=O)COc2cc(F)c(N3C(=O)C4=C(CCCC4)C3=O)cc21.C[C@H](C(=O)O)N(C(=O)c1ccccc1)c1ccc(F)c(Cl)c1. The molecule has 6 rings (SSSR count). The van der Waals surface area contributed by atoms with Crippen molar-refractivity contribution in [2.24, 2.45) is 0 Å². The van der Waals surface area contributed by atoms with Crippen LogP contribution >= 0.6 is 11.6 Å². The van der Waals surface area contributed by atoms with Gasteiger partial charge in [-0.1, -0.05) is 35.7 Å². The van der Waals surface area contributed by atoms with Gasteiger partial charge in [0, 0.05) is 28.5 Å². The molecule has 246 valence electrons. The van der Waals surface area contributed by atoms with Crippen molar-refractivity contribution < 1.29 is 42.6 Å². The molecule has 0 radical (unpaired) electrons. The van der Waals surface area contributed by atoms with E-state index in [0.29, 0.717) is 29.6 Å². The second-order valence-electron chi connectivity index (χ2n) is 11.0. The van der Waals surface area contributed by atoms with Crippen LogP contribution in [0.5, 0.6) is 5.75 Å². The number of fused-ring (bicyclic) bond motifs is 1. The van der Waals surface area contributed by atoms with Crippen LogP contribution in [0.15, 0.2) is 71.8 Å². The van der Waals surface area contributed by atoms with E-state index in [1.807, 2.05) is 0 Å². The molecule has 2 heterocycles. The lowest BCUT2D eigenvalue weighted by molar-refractivity contribution is -0.138. The minimum Gasteiger partial charge on any atom is -0.481 e. The molecule has 13 heteroatoms. The second-order valence-corrected chi connectivity index (χ2v) is 11.4. The fourth-order valence-corrected chi connectivity index (χ4v) is 5.76. The molecule has 10 nitrogen and oxygen atoms in total. The Labute approximate surface area is 279 Å². The molecule has 0 unspecified atom stereocenters. The molecule has 0 fully saturated rings. The summed E-state index contributed by atoms with van der Waals surface area (Å²) in [5.41, 5.74) is 1.54. The lowest BCUT2D eigenvalue weighted by Gasteiger charge is -2.29. The number of benzene rings is 3. The van der Waals surface area contributed by atoms with Gasteiger partial charge in [-0.2, -0.15) is 0 Å². The molecule has 0 saturated carbocycles.